The molecule has 0 aromatic heterocycles. The highest BCUT2D eigenvalue weighted by atomic mass is 35.5. The highest BCUT2D eigenvalue weighted by Crippen LogP contribution is 2.45. The largest absolute Gasteiger partial charge is 0.493 e. The Hall–Kier alpha value is -0.730. The fraction of sp³-hybridized carbons (Fsp3) is 0.500. The van der Waals surface area contributed by atoms with Crippen LogP contribution in [0.3, 0.4) is 0 Å². The molecule has 1 fully saturated rings. The zero-order valence-electron chi connectivity index (χ0n) is 8.79. The van der Waals surface area contributed by atoms with Gasteiger partial charge in [-0.2, -0.15) is 0 Å². The highest BCUT2D eigenvalue weighted by molar-refractivity contribution is 6.30. The van der Waals surface area contributed by atoms with E-state index in [0.717, 1.165) is 30.6 Å². The first-order valence-electron chi connectivity index (χ1n) is 5.31. The lowest BCUT2D eigenvalue weighted by atomic mass is 9.75. The topological polar surface area (TPSA) is 29.5 Å². The Labute approximate surface area is 94.8 Å². The normalized spacial score (nSPS) is 18.3. The Morgan fingerprint density at radius 3 is 2.73 bits per heavy atom. The van der Waals surface area contributed by atoms with Crippen LogP contribution in [0.4, 0.5) is 0 Å². The van der Waals surface area contributed by atoms with Crippen molar-refractivity contribution in [3.63, 3.8) is 0 Å². The molecule has 0 heterocycles. The summed E-state index contributed by atoms with van der Waals surface area (Å²) in [6, 6.07) is 5.43. The Kier molecular flexibility index (Phi) is 2.89. The minimum absolute atomic E-state index is 0.602. The van der Waals surface area contributed by atoms with E-state index in [-0.39, 0.29) is 0 Å². The molecular formula is C12H15ClO2. The molecule has 2 nitrogen and oxygen atoms in total. The van der Waals surface area contributed by atoms with Crippen molar-refractivity contribution in [1.82, 2.24) is 0 Å². The van der Waals surface area contributed by atoms with E-state index >= 15 is 0 Å². The maximum atomic E-state index is 10.3. The van der Waals surface area contributed by atoms with E-state index < -0.39 is 5.60 Å². The van der Waals surface area contributed by atoms with Crippen LogP contribution in [0.1, 0.15) is 31.7 Å². The van der Waals surface area contributed by atoms with Gasteiger partial charge in [0.05, 0.1) is 12.2 Å². The molecule has 0 saturated heterocycles. The van der Waals surface area contributed by atoms with Crippen molar-refractivity contribution in [1.29, 1.82) is 0 Å². The summed E-state index contributed by atoms with van der Waals surface area (Å²) in [4.78, 5) is 0. The van der Waals surface area contributed by atoms with E-state index in [2.05, 4.69) is 0 Å². The van der Waals surface area contributed by atoms with Crippen LogP contribution in [0.25, 0.3) is 0 Å². The number of hydrogen-bond acceptors (Lipinski definition) is 2. The fourth-order valence-electron chi connectivity index (χ4n) is 1.93. The van der Waals surface area contributed by atoms with Gasteiger partial charge in [0.25, 0.3) is 0 Å². The third-order valence-electron chi connectivity index (χ3n) is 2.92. The molecule has 2 rings (SSSR count). The van der Waals surface area contributed by atoms with Crippen molar-refractivity contribution in [2.45, 2.75) is 31.8 Å². The van der Waals surface area contributed by atoms with Crippen LogP contribution >= 0.6 is 11.6 Å². The van der Waals surface area contributed by atoms with E-state index in [0.29, 0.717) is 11.6 Å². The minimum Gasteiger partial charge on any atom is -0.493 e. The predicted octanol–water partition coefficient (Wildman–Crippen LogP) is 3.11. The SMILES string of the molecule is CCOc1ccc(Cl)cc1C1(O)CCC1. The summed E-state index contributed by atoms with van der Waals surface area (Å²) >= 11 is 5.94. The zero-order valence-corrected chi connectivity index (χ0v) is 9.55. The molecule has 0 radical (unpaired) electrons. The van der Waals surface area contributed by atoms with Crippen LogP contribution in [0.15, 0.2) is 18.2 Å². The maximum Gasteiger partial charge on any atom is 0.125 e. The van der Waals surface area contributed by atoms with Crippen LogP contribution in [0.2, 0.25) is 5.02 Å². The third-order valence-corrected chi connectivity index (χ3v) is 3.16. The number of halogens is 1. The van der Waals surface area contributed by atoms with E-state index in [4.69, 9.17) is 16.3 Å². The second-order valence-corrected chi connectivity index (χ2v) is 4.40. The van der Waals surface area contributed by atoms with Gasteiger partial charge in [0.2, 0.25) is 0 Å². The average molecular weight is 227 g/mol. The highest BCUT2D eigenvalue weighted by Gasteiger charge is 2.38. The van der Waals surface area contributed by atoms with Crippen molar-refractivity contribution < 1.29 is 9.84 Å². The summed E-state index contributed by atoms with van der Waals surface area (Å²) in [5.41, 5.74) is 0.123. The van der Waals surface area contributed by atoms with Crippen LogP contribution in [0.5, 0.6) is 5.75 Å². The summed E-state index contributed by atoms with van der Waals surface area (Å²) in [7, 11) is 0. The molecule has 82 valence electrons. The fourth-order valence-corrected chi connectivity index (χ4v) is 2.10. The summed E-state index contributed by atoms with van der Waals surface area (Å²) in [6.45, 7) is 2.54. The van der Waals surface area contributed by atoms with Crippen molar-refractivity contribution in [2.75, 3.05) is 6.61 Å². The van der Waals surface area contributed by atoms with Crippen LogP contribution < -0.4 is 4.74 Å². The van der Waals surface area contributed by atoms with Gasteiger partial charge in [0.1, 0.15) is 5.75 Å². The van der Waals surface area contributed by atoms with Gasteiger partial charge in [0.15, 0.2) is 0 Å². The molecule has 0 aliphatic heterocycles. The van der Waals surface area contributed by atoms with Gasteiger partial charge >= 0.3 is 0 Å². The molecule has 1 aliphatic carbocycles. The van der Waals surface area contributed by atoms with Gasteiger partial charge in [-0.15, -0.1) is 0 Å². The lowest BCUT2D eigenvalue weighted by Crippen LogP contribution is -2.34. The van der Waals surface area contributed by atoms with E-state index in [1.165, 1.54) is 0 Å². The van der Waals surface area contributed by atoms with Crippen molar-refractivity contribution in [3.8, 4) is 5.75 Å². The Morgan fingerprint density at radius 1 is 1.47 bits per heavy atom. The van der Waals surface area contributed by atoms with Gasteiger partial charge in [-0.25, -0.2) is 0 Å². The van der Waals surface area contributed by atoms with Crippen molar-refractivity contribution >= 4 is 11.6 Å². The van der Waals surface area contributed by atoms with Crippen LogP contribution in [0, 0.1) is 0 Å². The number of aliphatic hydroxyl groups is 1. The molecule has 1 saturated carbocycles. The first-order chi connectivity index (χ1) is 7.15. The number of ether oxygens (including phenoxy) is 1. The maximum absolute atomic E-state index is 10.3. The second kappa shape index (κ2) is 4.03. The van der Waals surface area contributed by atoms with E-state index in [1.807, 2.05) is 19.1 Å². The van der Waals surface area contributed by atoms with E-state index in [9.17, 15) is 5.11 Å². The molecule has 0 amide bonds. The molecule has 1 aromatic carbocycles. The van der Waals surface area contributed by atoms with Crippen molar-refractivity contribution in [2.24, 2.45) is 0 Å². The molecule has 0 spiro atoms. The lowest BCUT2D eigenvalue weighted by Gasteiger charge is -2.38. The molecule has 1 aromatic rings. The van der Waals surface area contributed by atoms with E-state index in [1.54, 1.807) is 6.07 Å². The second-order valence-electron chi connectivity index (χ2n) is 3.96. The predicted molar refractivity (Wildman–Crippen MR) is 60.4 cm³/mol. The average Bonchev–Trinajstić information content (AvgIpc) is 2.17. The van der Waals surface area contributed by atoms with Crippen molar-refractivity contribution in [3.05, 3.63) is 28.8 Å². The molecular weight excluding hydrogens is 212 g/mol. The van der Waals surface area contributed by atoms with Gasteiger partial charge in [-0.3, -0.25) is 0 Å². The Morgan fingerprint density at radius 2 is 2.20 bits per heavy atom. The molecule has 3 heteroatoms. The molecule has 1 N–H and O–H groups in total. The van der Waals surface area contributed by atoms with Gasteiger partial charge in [0, 0.05) is 10.6 Å². The standard InChI is InChI=1S/C12H15ClO2/c1-2-15-11-5-4-9(13)8-10(11)12(14)6-3-7-12/h4-5,8,14H,2-3,6-7H2,1H3. The minimum atomic E-state index is -0.713. The zero-order chi connectivity index (χ0) is 10.9. The summed E-state index contributed by atoms with van der Waals surface area (Å²) in [5, 5.41) is 10.9. The Balaban J connectivity index is 2.38. The number of benzene rings is 1. The van der Waals surface area contributed by atoms with Gasteiger partial charge in [-0.05, 0) is 44.4 Å². The summed E-state index contributed by atoms with van der Waals surface area (Å²) in [6.07, 6.45) is 2.66. The number of hydrogen-bond donors (Lipinski definition) is 1. The third kappa shape index (κ3) is 1.97. The smallest absolute Gasteiger partial charge is 0.125 e. The summed E-state index contributed by atoms with van der Waals surface area (Å²) < 4.78 is 5.50. The Bertz CT molecular complexity index is 359. The molecule has 15 heavy (non-hydrogen) atoms. The van der Waals surface area contributed by atoms with Gasteiger partial charge < -0.3 is 9.84 Å². The molecule has 1 aliphatic rings. The van der Waals surface area contributed by atoms with Crippen LogP contribution in [-0.2, 0) is 5.60 Å². The molecule has 0 unspecified atom stereocenters. The van der Waals surface area contributed by atoms with Gasteiger partial charge in [-0.1, -0.05) is 11.6 Å². The lowest BCUT2D eigenvalue weighted by molar-refractivity contribution is -0.0407. The monoisotopic (exact) mass is 226 g/mol. The molecule has 0 atom stereocenters. The first kappa shape index (κ1) is 10.8. The quantitative estimate of drug-likeness (QED) is 0.858. The molecule has 0 bridgehead atoms. The number of rotatable bonds is 3. The summed E-state index contributed by atoms with van der Waals surface area (Å²) in [5.74, 6) is 0.754. The first-order valence-corrected chi connectivity index (χ1v) is 5.69. The van der Waals surface area contributed by atoms with Crippen LogP contribution in [-0.4, -0.2) is 11.7 Å².